The Morgan fingerprint density at radius 1 is 1.43 bits per heavy atom. The van der Waals surface area contributed by atoms with Gasteiger partial charge >= 0.3 is 6.09 Å². The number of hydrogen-bond donors (Lipinski definition) is 2. The molecule has 0 aliphatic rings. The number of amides is 2. The summed E-state index contributed by atoms with van der Waals surface area (Å²) >= 11 is 0. The summed E-state index contributed by atoms with van der Waals surface area (Å²) in [5.41, 5.74) is 4.52. The van der Waals surface area contributed by atoms with Gasteiger partial charge in [-0.3, -0.25) is 9.69 Å². The quantitative estimate of drug-likeness (QED) is 0.716. The van der Waals surface area contributed by atoms with Crippen LogP contribution in [-0.4, -0.2) is 33.6 Å². The molecule has 0 heterocycles. The van der Waals surface area contributed by atoms with Crippen molar-refractivity contribution in [2.45, 2.75) is 45.7 Å². The molecule has 0 aromatic heterocycles. The number of carbonyl (C=O) groups is 2. The molecule has 0 unspecified atom stereocenters. The van der Waals surface area contributed by atoms with Gasteiger partial charge in [0, 0.05) is 5.54 Å². The van der Waals surface area contributed by atoms with Crippen molar-refractivity contribution in [3.63, 3.8) is 0 Å². The highest BCUT2D eigenvalue weighted by atomic mass is 16.4. The van der Waals surface area contributed by atoms with E-state index in [1.165, 1.54) is 0 Å². The second-order valence-corrected chi connectivity index (χ2v) is 4.15. The van der Waals surface area contributed by atoms with Crippen molar-refractivity contribution < 1.29 is 14.7 Å². The first-order valence-corrected chi connectivity index (χ1v) is 4.53. The monoisotopic (exact) mass is 202 g/mol. The first-order chi connectivity index (χ1) is 6.21. The number of nitrogens with zero attached hydrogens (tertiary/aromatic N) is 1. The van der Waals surface area contributed by atoms with Gasteiger partial charge < -0.3 is 10.8 Å². The Morgan fingerprint density at radius 2 is 1.86 bits per heavy atom. The molecule has 0 spiro atoms. The molecule has 0 radical (unpaired) electrons. The van der Waals surface area contributed by atoms with Crippen LogP contribution in [0.2, 0.25) is 0 Å². The highest BCUT2D eigenvalue weighted by molar-refractivity contribution is 5.84. The number of nitrogens with two attached hydrogens (primary N) is 1. The SMILES string of the molecule is CC[C@H](C(N)=O)N(C(=O)O)C(C)(C)C. The zero-order valence-corrected chi connectivity index (χ0v) is 9.07. The molecule has 0 aromatic carbocycles. The van der Waals surface area contributed by atoms with E-state index >= 15 is 0 Å². The Bertz CT molecular complexity index is 233. The van der Waals surface area contributed by atoms with Crippen LogP contribution in [0.15, 0.2) is 0 Å². The fourth-order valence-corrected chi connectivity index (χ4v) is 1.40. The topological polar surface area (TPSA) is 83.6 Å². The van der Waals surface area contributed by atoms with Crippen molar-refractivity contribution in [2.24, 2.45) is 5.73 Å². The molecular formula is C9H18N2O3. The number of carboxylic acid groups (broad SMARTS) is 1. The lowest BCUT2D eigenvalue weighted by molar-refractivity contribution is -0.124. The van der Waals surface area contributed by atoms with Crippen molar-refractivity contribution in [3.05, 3.63) is 0 Å². The van der Waals surface area contributed by atoms with Gasteiger partial charge in [-0.05, 0) is 27.2 Å². The molecule has 3 N–H and O–H groups in total. The maximum atomic E-state index is 11.0. The summed E-state index contributed by atoms with van der Waals surface area (Å²) < 4.78 is 0. The van der Waals surface area contributed by atoms with Gasteiger partial charge in [-0.25, -0.2) is 4.79 Å². The van der Waals surface area contributed by atoms with Crippen molar-refractivity contribution in [1.29, 1.82) is 0 Å². The van der Waals surface area contributed by atoms with E-state index in [4.69, 9.17) is 10.8 Å². The maximum Gasteiger partial charge on any atom is 0.408 e. The summed E-state index contributed by atoms with van der Waals surface area (Å²) in [6.07, 6.45) is -0.734. The van der Waals surface area contributed by atoms with E-state index in [0.717, 1.165) is 4.90 Å². The van der Waals surface area contributed by atoms with E-state index < -0.39 is 23.6 Å². The second-order valence-electron chi connectivity index (χ2n) is 4.15. The predicted molar refractivity (Wildman–Crippen MR) is 52.9 cm³/mol. The standard InChI is InChI=1S/C9H18N2O3/c1-5-6(7(10)12)11(8(13)14)9(2,3)4/h6H,5H2,1-4H3,(H2,10,12)(H,13,14)/t6-/m1/s1. The van der Waals surface area contributed by atoms with Crippen molar-refractivity contribution in [3.8, 4) is 0 Å². The molecule has 0 saturated heterocycles. The van der Waals surface area contributed by atoms with E-state index in [1.807, 2.05) is 0 Å². The summed E-state index contributed by atoms with van der Waals surface area (Å²) in [4.78, 5) is 23.1. The Morgan fingerprint density at radius 3 is 1.93 bits per heavy atom. The largest absolute Gasteiger partial charge is 0.465 e. The van der Waals surface area contributed by atoms with Crippen LogP contribution < -0.4 is 5.73 Å². The molecule has 0 aliphatic carbocycles. The predicted octanol–water partition coefficient (Wildman–Crippen LogP) is 1.03. The summed E-state index contributed by atoms with van der Waals surface area (Å²) in [5.74, 6) is -0.607. The average Bonchev–Trinajstić information content (AvgIpc) is 1.95. The number of rotatable bonds is 3. The molecular weight excluding hydrogens is 184 g/mol. The molecule has 2 amide bonds. The summed E-state index contributed by atoms with van der Waals surface area (Å²) in [6, 6.07) is -0.757. The molecule has 5 nitrogen and oxygen atoms in total. The van der Waals surface area contributed by atoms with Crippen LogP contribution in [0.25, 0.3) is 0 Å². The third-order valence-electron chi connectivity index (χ3n) is 1.96. The van der Waals surface area contributed by atoms with Gasteiger partial charge in [-0.1, -0.05) is 6.92 Å². The summed E-state index contributed by atoms with van der Waals surface area (Å²) in [5, 5.41) is 8.98. The smallest absolute Gasteiger partial charge is 0.408 e. The van der Waals surface area contributed by atoms with Crippen molar-refractivity contribution in [2.75, 3.05) is 0 Å². The van der Waals surface area contributed by atoms with Gasteiger partial charge in [0.2, 0.25) is 5.91 Å². The lowest BCUT2D eigenvalue weighted by Gasteiger charge is -2.37. The van der Waals surface area contributed by atoms with Crippen LogP contribution in [0.3, 0.4) is 0 Å². The lowest BCUT2D eigenvalue weighted by atomic mass is 10.0. The molecule has 0 bridgehead atoms. The molecule has 0 fully saturated rings. The zero-order valence-electron chi connectivity index (χ0n) is 9.07. The van der Waals surface area contributed by atoms with Crippen LogP contribution in [0, 0.1) is 0 Å². The van der Waals surface area contributed by atoms with Gasteiger partial charge in [0.05, 0.1) is 0 Å². The third kappa shape index (κ3) is 2.90. The van der Waals surface area contributed by atoms with E-state index in [-0.39, 0.29) is 0 Å². The Labute approximate surface area is 83.9 Å². The minimum Gasteiger partial charge on any atom is -0.465 e. The molecule has 0 aromatic rings. The minimum atomic E-state index is -1.12. The van der Waals surface area contributed by atoms with Gasteiger partial charge in [0.1, 0.15) is 6.04 Å². The number of carbonyl (C=O) groups excluding carboxylic acids is 1. The Kier molecular flexibility index (Phi) is 3.92. The highest BCUT2D eigenvalue weighted by Gasteiger charge is 2.35. The van der Waals surface area contributed by atoms with Crippen LogP contribution in [0.1, 0.15) is 34.1 Å². The Hall–Kier alpha value is -1.26. The number of hydrogen-bond acceptors (Lipinski definition) is 2. The first kappa shape index (κ1) is 12.7. The number of primary amides is 1. The van der Waals surface area contributed by atoms with Gasteiger partial charge in [0.15, 0.2) is 0 Å². The highest BCUT2D eigenvalue weighted by Crippen LogP contribution is 2.18. The molecule has 82 valence electrons. The fourth-order valence-electron chi connectivity index (χ4n) is 1.40. The van der Waals surface area contributed by atoms with Crippen LogP contribution in [-0.2, 0) is 4.79 Å². The Balaban J connectivity index is 4.99. The molecule has 0 aliphatic heterocycles. The second kappa shape index (κ2) is 4.30. The van der Waals surface area contributed by atoms with Crippen LogP contribution in [0.5, 0.6) is 0 Å². The zero-order chi connectivity index (χ0) is 11.5. The first-order valence-electron chi connectivity index (χ1n) is 4.53. The average molecular weight is 202 g/mol. The maximum absolute atomic E-state index is 11.0. The summed E-state index contributed by atoms with van der Waals surface area (Å²) in [6.45, 7) is 6.92. The van der Waals surface area contributed by atoms with E-state index in [9.17, 15) is 9.59 Å². The van der Waals surface area contributed by atoms with Crippen molar-refractivity contribution in [1.82, 2.24) is 4.90 Å². The van der Waals surface area contributed by atoms with E-state index in [1.54, 1.807) is 27.7 Å². The molecule has 0 saturated carbocycles. The minimum absolute atomic E-state index is 0.388. The van der Waals surface area contributed by atoms with Gasteiger partial charge in [-0.2, -0.15) is 0 Å². The fraction of sp³-hybridized carbons (Fsp3) is 0.778. The summed E-state index contributed by atoms with van der Waals surface area (Å²) in [7, 11) is 0. The van der Waals surface area contributed by atoms with Crippen LogP contribution in [0.4, 0.5) is 4.79 Å². The molecule has 0 rings (SSSR count). The molecule has 1 atom stereocenters. The molecule has 5 heteroatoms. The lowest BCUT2D eigenvalue weighted by Crippen LogP contribution is -2.55. The van der Waals surface area contributed by atoms with Crippen LogP contribution >= 0.6 is 0 Å². The van der Waals surface area contributed by atoms with E-state index in [0.29, 0.717) is 6.42 Å². The molecule has 14 heavy (non-hydrogen) atoms. The van der Waals surface area contributed by atoms with Crippen molar-refractivity contribution >= 4 is 12.0 Å². The van der Waals surface area contributed by atoms with Gasteiger partial charge in [-0.15, -0.1) is 0 Å². The third-order valence-corrected chi connectivity index (χ3v) is 1.96. The normalized spacial score (nSPS) is 13.4. The van der Waals surface area contributed by atoms with E-state index in [2.05, 4.69) is 0 Å². The van der Waals surface area contributed by atoms with Gasteiger partial charge in [0.25, 0.3) is 0 Å².